The van der Waals surface area contributed by atoms with E-state index in [9.17, 15) is 22.8 Å². The summed E-state index contributed by atoms with van der Waals surface area (Å²) in [6.45, 7) is 7.35. The van der Waals surface area contributed by atoms with Crippen molar-refractivity contribution in [3.63, 3.8) is 0 Å². The van der Waals surface area contributed by atoms with Crippen LogP contribution in [-0.2, 0) is 9.59 Å². The average Bonchev–Trinajstić information content (AvgIpc) is 3.24. The van der Waals surface area contributed by atoms with Crippen LogP contribution in [-0.4, -0.2) is 59.5 Å². The third-order valence-electron chi connectivity index (χ3n) is 7.36. The normalized spacial score (nSPS) is 27.4. The van der Waals surface area contributed by atoms with Crippen LogP contribution >= 0.6 is 11.6 Å². The van der Waals surface area contributed by atoms with E-state index >= 15 is 0 Å². The summed E-state index contributed by atoms with van der Waals surface area (Å²) < 4.78 is 42.8. The molecule has 3 aliphatic rings. The molecule has 1 heterocycles. The van der Waals surface area contributed by atoms with Gasteiger partial charge in [-0.15, -0.1) is 11.6 Å². The number of fused-ring (bicyclic) bond motifs is 1. The smallest absolute Gasteiger partial charge is 0.364 e. The van der Waals surface area contributed by atoms with Gasteiger partial charge in [0, 0.05) is 36.1 Å². The zero-order valence-corrected chi connectivity index (χ0v) is 22.7. The molecule has 0 aromatic heterocycles. The Hall–Kier alpha value is -2.13. The van der Waals surface area contributed by atoms with E-state index in [1.807, 2.05) is 26.8 Å². The van der Waals surface area contributed by atoms with Crippen molar-refractivity contribution in [2.24, 2.45) is 23.2 Å². The molecular weight excluding hydrogens is 505 g/mol. The molecule has 4 atom stereocenters. The molecule has 1 fully saturated rings. The predicted molar refractivity (Wildman–Crippen MR) is 138 cm³/mol. The molecular formula is C27H39ClF3N4O2+. The van der Waals surface area contributed by atoms with Crippen molar-refractivity contribution < 1.29 is 28.1 Å². The van der Waals surface area contributed by atoms with Gasteiger partial charge in [-0.25, -0.2) is 0 Å². The minimum absolute atomic E-state index is 0.0751. The highest BCUT2D eigenvalue weighted by Crippen LogP contribution is 2.35. The van der Waals surface area contributed by atoms with Gasteiger partial charge in [-0.1, -0.05) is 39.8 Å². The fraction of sp³-hybridized carbons (Fsp3) is 0.667. The number of hydrogen-bond acceptors (Lipinski definition) is 4. The van der Waals surface area contributed by atoms with Crippen LogP contribution in [0.25, 0.3) is 0 Å². The number of rotatable bonds is 9. The molecule has 0 saturated heterocycles. The van der Waals surface area contributed by atoms with Crippen molar-refractivity contribution in [1.82, 2.24) is 10.2 Å². The van der Waals surface area contributed by atoms with Crippen molar-refractivity contribution in [1.29, 1.82) is 5.41 Å². The molecule has 3 rings (SSSR count). The lowest BCUT2D eigenvalue weighted by Gasteiger charge is -2.35. The Balaban J connectivity index is 1.83. The maximum atomic E-state index is 14.3. The zero-order chi connectivity index (χ0) is 27.5. The molecule has 0 bridgehead atoms. The van der Waals surface area contributed by atoms with E-state index in [-0.39, 0.29) is 24.9 Å². The van der Waals surface area contributed by atoms with E-state index in [0.717, 1.165) is 18.5 Å². The second kappa shape index (κ2) is 11.7. The molecule has 6 nitrogen and oxygen atoms in total. The summed E-state index contributed by atoms with van der Waals surface area (Å²) in [4.78, 5) is 28.2. The molecule has 0 aromatic rings. The topological polar surface area (TPSA) is 89.9 Å². The molecule has 1 aliphatic heterocycles. The number of allylic oxidation sites excluding steroid dienone is 4. The first-order valence-corrected chi connectivity index (χ1v) is 13.4. The van der Waals surface area contributed by atoms with Crippen LogP contribution in [0.2, 0.25) is 0 Å². The molecule has 206 valence electrons. The van der Waals surface area contributed by atoms with Gasteiger partial charge < -0.3 is 20.9 Å². The Kier molecular flexibility index (Phi) is 9.32. The lowest BCUT2D eigenvalue weighted by molar-refractivity contribution is -0.747. The standard InChI is InChI=1S/C27H38ClF3N4O2/c1-16-8-10-17(11-9-16)34-24(27(29,30)31)18(12-32)25(37)35(15-26(2,3)4)14-22(36)19-13-33-21-7-5-6-20(28)23(19)21/h5-7,12-13,16-18,20,23-24,32-34H,8-11,14-15H2,1-4H3/p+1. The maximum Gasteiger partial charge on any atom is 0.442 e. The highest BCUT2D eigenvalue weighted by Gasteiger charge is 2.52. The number of hydrogen-bond donors (Lipinski definition) is 3. The van der Waals surface area contributed by atoms with E-state index in [1.165, 1.54) is 10.2 Å². The minimum Gasteiger partial charge on any atom is -0.364 e. The van der Waals surface area contributed by atoms with Gasteiger partial charge in [0.2, 0.25) is 5.91 Å². The summed E-state index contributed by atoms with van der Waals surface area (Å²) in [5.74, 6) is -2.87. The van der Waals surface area contributed by atoms with Gasteiger partial charge in [0.15, 0.2) is 11.8 Å². The quantitative estimate of drug-likeness (QED) is 0.304. The van der Waals surface area contributed by atoms with E-state index < -0.39 is 40.8 Å². The highest BCUT2D eigenvalue weighted by atomic mass is 35.5. The molecule has 1 amide bonds. The second-order valence-corrected chi connectivity index (χ2v) is 12.3. The first-order chi connectivity index (χ1) is 17.2. The molecule has 4 N–H and O–H groups in total. The molecule has 37 heavy (non-hydrogen) atoms. The highest BCUT2D eigenvalue weighted by molar-refractivity contribution is 6.23. The van der Waals surface area contributed by atoms with E-state index in [1.54, 1.807) is 18.4 Å². The first-order valence-electron chi connectivity index (χ1n) is 12.9. The summed E-state index contributed by atoms with van der Waals surface area (Å²) in [6.07, 6.45) is 5.83. The number of halogens is 4. The van der Waals surface area contributed by atoms with Crippen molar-refractivity contribution in [3.05, 3.63) is 35.7 Å². The Bertz CT molecular complexity index is 962. The number of nitrogens with zero attached hydrogens (tertiary/aromatic N) is 1. The Morgan fingerprint density at radius 1 is 1.24 bits per heavy atom. The summed E-state index contributed by atoms with van der Waals surface area (Å²) in [7, 11) is 0. The van der Waals surface area contributed by atoms with Crippen LogP contribution < -0.4 is 10.6 Å². The van der Waals surface area contributed by atoms with Gasteiger partial charge in [-0.3, -0.25) is 9.59 Å². The largest absolute Gasteiger partial charge is 0.442 e. The van der Waals surface area contributed by atoms with Gasteiger partial charge in [-0.05, 0) is 43.1 Å². The van der Waals surface area contributed by atoms with Crippen LogP contribution in [0.15, 0.2) is 35.7 Å². The monoisotopic (exact) mass is 543 g/mol. The van der Waals surface area contributed by atoms with Crippen LogP contribution in [0.1, 0.15) is 53.4 Å². The van der Waals surface area contributed by atoms with Crippen molar-refractivity contribution in [2.45, 2.75) is 77.0 Å². The van der Waals surface area contributed by atoms with Crippen molar-refractivity contribution >= 4 is 29.5 Å². The predicted octanol–water partition coefficient (Wildman–Crippen LogP) is 3.93. The van der Waals surface area contributed by atoms with Gasteiger partial charge in [0.25, 0.3) is 0 Å². The first kappa shape index (κ1) is 29.4. The molecule has 1 saturated carbocycles. The van der Waals surface area contributed by atoms with Crippen molar-refractivity contribution in [3.8, 4) is 0 Å². The Morgan fingerprint density at radius 3 is 2.46 bits per heavy atom. The summed E-state index contributed by atoms with van der Waals surface area (Å²) >= 11 is 6.43. The summed E-state index contributed by atoms with van der Waals surface area (Å²) in [5, 5.41) is 11.7. The number of carbonyl (C=O) groups excluding carboxylic acids is 2. The third-order valence-corrected chi connectivity index (χ3v) is 7.75. The number of ketones is 1. The summed E-state index contributed by atoms with van der Waals surface area (Å²) in [5.41, 5.74) is 0.685. The molecule has 10 heteroatoms. The van der Waals surface area contributed by atoms with E-state index in [4.69, 9.17) is 17.0 Å². The number of alkyl halides is 4. The third kappa shape index (κ3) is 7.47. The van der Waals surface area contributed by atoms with Gasteiger partial charge in [-0.2, -0.15) is 13.2 Å². The number of nitrogens with one attached hydrogen (secondary N) is 2. The molecule has 0 radical (unpaired) electrons. The van der Waals surface area contributed by atoms with Gasteiger partial charge in [0.1, 0.15) is 5.92 Å². The number of carbonyl (C=O) groups is 2. The van der Waals surface area contributed by atoms with Crippen LogP contribution in [0.3, 0.4) is 0 Å². The number of nitrogens with two attached hydrogens (primary N) is 1. The van der Waals surface area contributed by atoms with E-state index in [0.29, 0.717) is 30.5 Å². The molecule has 2 aliphatic carbocycles. The van der Waals surface area contributed by atoms with Crippen LogP contribution in [0.4, 0.5) is 13.2 Å². The lowest BCUT2D eigenvalue weighted by atomic mass is 9.86. The number of amides is 1. The Morgan fingerprint density at radius 2 is 1.89 bits per heavy atom. The number of Topliss-reactive ketones (excluding diaryl/α,β-unsaturated/α-hetero) is 1. The average molecular weight is 544 g/mol. The molecule has 4 unspecified atom stereocenters. The minimum atomic E-state index is -4.68. The maximum absolute atomic E-state index is 14.3. The Labute approximate surface area is 222 Å². The van der Waals surface area contributed by atoms with Gasteiger partial charge in [0.05, 0.1) is 18.0 Å². The fourth-order valence-electron chi connectivity index (χ4n) is 5.43. The van der Waals surface area contributed by atoms with Crippen LogP contribution in [0.5, 0.6) is 0 Å². The van der Waals surface area contributed by atoms with Gasteiger partial charge >= 0.3 is 6.18 Å². The molecule has 0 spiro atoms. The van der Waals surface area contributed by atoms with E-state index in [2.05, 4.69) is 12.2 Å². The van der Waals surface area contributed by atoms with Crippen LogP contribution in [0, 0.1) is 28.6 Å². The van der Waals surface area contributed by atoms with Crippen molar-refractivity contribution in [2.75, 3.05) is 13.1 Å². The fourth-order valence-corrected chi connectivity index (χ4v) is 5.78. The SMILES string of the molecule is CC1CCC([NH2+]C(C(C=N)C(=O)N(CC(=O)C2=CNC3=CC=CC(Cl)C32)CC(C)(C)C)C(F)(F)F)CC1. The summed E-state index contributed by atoms with van der Waals surface area (Å²) in [6, 6.07) is -2.33. The zero-order valence-electron chi connectivity index (χ0n) is 21.9. The lowest BCUT2D eigenvalue weighted by Crippen LogP contribution is -2.99. The second-order valence-electron chi connectivity index (χ2n) is 11.8. The molecule has 0 aromatic carbocycles. The number of quaternary nitrogens is 1.